The maximum Gasteiger partial charge on any atom is 0.417 e. The van der Waals surface area contributed by atoms with Gasteiger partial charge in [-0.3, -0.25) is 4.79 Å². The Morgan fingerprint density at radius 1 is 1.53 bits per heavy atom. The highest BCUT2D eigenvalue weighted by Gasteiger charge is 2.44. The minimum Gasteiger partial charge on any atom is -0.443 e. The summed E-state index contributed by atoms with van der Waals surface area (Å²) in [5.74, 6) is -0.225. The van der Waals surface area contributed by atoms with Gasteiger partial charge in [-0.05, 0) is 34.1 Å². The van der Waals surface area contributed by atoms with Gasteiger partial charge in [0.15, 0.2) is 0 Å². The maximum atomic E-state index is 11.7. The van der Waals surface area contributed by atoms with Crippen LogP contribution in [0.15, 0.2) is 0 Å². The zero-order valence-corrected chi connectivity index (χ0v) is 11.1. The summed E-state index contributed by atoms with van der Waals surface area (Å²) >= 11 is 3.30. The number of imide groups is 1. The molecule has 1 fully saturated rings. The van der Waals surface area contributed by atoms with Crippen LogP contribution in [0.25, 0.3) is 0 Å². The summed E-state index contributed by atoms with van der Waals surface area (Å²) in [6, 6.07) is 0. The Kier molecular flexibility index (Phi) is 3.14. The third-order valence-electron chi connectivity index (χ3n) is 2.11. The Morgan fingerprint density at radius 2 is 2.07 bits per heavy atom. The fourth-order valence-electron chi connectivity index (χ4n) is 1.30. The zero-order valence-electron chi connectivity index (χ0n) is 9.46. The lowest BCUT2D eigenvalue weighted by atomic mass is 10.1. The van der Waals surface area contributed by atoms with Crippen molar-refractivity contribution in [2.24, 2.45) is 0 Å². The lowest BCUT2D eigenvalue weighted by molar-refractivity contribution is -0.128. The molecule has 1 aliphatic heterocycles. The molecule has 0 spiro atoms. The Bertz CT molecular complexity index is 294. The Morgan fingerprint density at radius 3 is 2.40 bits per heavy atom. The Hall–Kier alpha value is -0.580. The average Bonchev–Trinajstić information content (AvgIpc) is 2.24. The molecule has 86 valence electrons. The number of rotatable bonds is 0. The van der Waals surface area contributed by atoms with Gasteiger partial charge in [0.25, 0.3) is 0 Å². The van der Waals surface area contributed by atoms with Gasteiger partial charge in [0.05, 0.1) is 0 Å². The monoisotopic (exact) mass is 277 g/mol. The van der Waals surface area contributed by atoms with Crippen molar-refractivity contribution in [2.45, 2.75) is 44.0 Å². The second-order valence-electron chi connectivity index (χ2n) is 4.88. The molecule has 1 saturated heterocycles. The van der Waals surface area contributed by atoms with Gasteiger partial charge in [-0.1, -0.05) is 15.9 Å². The van der Waals surface area contributed by atoms with Crippen LogP contribution in [0, 0.1) is 0 Å². The van der Waals surface area contributed by atoms with Crippen LogP contribution in [0.4, 0.5) is 4.79 Å². The molecule has 1 aliphatic rings. The van der Waals surface area contributed by atoms with Gasteiger partial charge in [-0.2, -0.15) is 0 Å². The van der Waals surface area contributed by atoms with Crippen LogP contribution in [0.1, 0.15) is 34.1 Å². The molecule has 0 aromatic rings. The Balaban J connectivity index is 2.68. The quantitative estimate of drug-likeness (QED) is 0.639. The van der Waals surface area contributed by atoms with Crippen LogP contribution >= 0.6 is 15.9 Å². The van der Waals surface area contributed by atoms with Crippen LogP contribution in [0.3, 0.4) is 0 Å². The number of hydrogen-bond donors (Lipinski definition) is 0. The number of likely N-dealkylation sites (tertiary alicyclic amines) is 1. The van der Waals surface area contributed by atoms with E-state index in [9.17, 15) is 9.59 Å². The number of carbonyl (C=O) groups excluding carboxylic acids is 2. The van der Waals surface area contributed by atoms with Crippen LogP contribution in [-0.2, 0) is 9.53 Å². The van der Waals surface area contributed by atoms with E-state index in [-0.39, 0.29) is 5.91 Å². The predicted molar refractivity (Wildman–Crippen MR) is 59.9 cm³/mol. The molecule has 1 unspecified atom stereocenters. The highest BCUT2D eigenvalue weighted by atomic mass is 79.9. The summed E-state index contributed by atoms with van der Waals surface area (Å²) in [6.07, 6.45) is 0.0566. The molecular weight excluding hydrogens is 262 g/mol. The molecule has 15 heavy (non-hydrogen) atoms. The number of hydrogen-bond acceptors (Lipinski definition) is 3. The van der Waals surface area contributed by atoms with Gasteiger partial charge >= 0.3 is 6.09 Å². The molecule has 4 nitrogen and oxygen atoms in total. The standard InChI is InChI=1S/C10H16BrNO3/c1-9(2,3)15-8(14)12-6-5-10(4,11)7(12)13/h5-6H2,1-4H3. The van der Waals surface area contributed by atoms with Gasteiger partial charge in [0, 0.05) is 6.54 Å². The highest BCUT2D eigenvalue weighted by Crippen LogP contribution is 2.31. The third-order valence-corrected chi connectivity index (χ3v) is 2.85. The summed E-state index contributed by atoms with van der Waals surface area (Å²) in [5.41, 5.74) is -0.567. The van der Waals surface area contributed by atoms with Crippen molar-refractivity contribution in [3.05, 3.63) is 0 Å². The molecule has 1 rings (SSSR count). The molecule has 0 saturated carbocycles. The van der Waals surface area contributed by atoms with Crippen LogP contribution < -0.4 is 0 Å². The Labute approximate surface area is 98.1 Å². The molecule has 0 aliphatic carbocycles. The van der Waals surface area contributed by atoms with Crippen LogP contribution in [0.2, 0.25) is 0 Å². The molecular formula is C10H16BrNO3. The normalized spacial score (nSPS) is 27.0. The van der Waals surface area contributed by atoms with E-state index in [1.165, 1.54) is 0 Å². The molecule has 0 radical (unpaired) electrons. The van der Waals surface area contributed by atoms with Gasteiger partial charge < -0.3 is 4.74 Å². The van der Waals surface area contributed by atoms with E-state index in [2.05, 4.69) is 15.9 Å². The molecule has 2 amide bonds. The van der Waals surface area contributed by atoms with E-state index in [1.54, 1.807) is 27.7 Å². The van der Waals surface area contributed by atoms with E-state index in [0.29, 0.717) is 13.0 Å². The van der Waals surface area contributed by atoms with Crippen molar-refractivity contribution in [3.8, 4) is 0 Å². The van der Waals surface area contributed by atoms with Gasteiger partial charge in [-0.15, -0.1) is 0 Å². The van der Waals surface area contributed by atoms with Gasteiger partial charge in [-0.25, -0.2) is 9.69 Å². The molecule has 0 bridgehead atoms. The van der Waals surface area contributed by atoms with Crippen molar-refractivity contribution in [3.63, 3.8) is 0 Å². The number of amides is 2. The lowest BCUT2D eigenvalue weighted by Crippen LogP contribution is -2.40. The summed E-state index contributed by atoms with van der Waals surface area (Å²) in [4.78, 5) is 24.5. The first kappa shape index (κ1) is 12.5. The van der Waals surface area contributed by atoms with E-state index in [0.717, 1.165) is 4.90 Å². The van der Waals surface area contributed by atoms with Crippen molar-refractivity contribution in [2.75, 3.05) is 6.54 Å². The number of nitrogens with zero attached hydrogens (tertiary/aromatic N) is 1. The topological polar surface area (TPSA) is 46.6 Å². The maximum absolute atomic E-state index is 11.7. The first-order valence-corrected chi connectivity index (χ1v) is 5.67. The fraction of sp³-hybridized carbons (Fsp3) is 0.800. The minimum absolute atomic E-state index is 0.225. The first-order valence-electron chi connectivity index (χ1n) is 4.87. The molecule has 1 atom stereocenters. The van der Waals surface area contributed by atoms with E-state index in [4.69, 9.17) is 4.74 Å². The number of carbonyl (C=O) groups is 2. The predicted octanol–water partition coefficient (Wildman–Crippen LogP) is 2.31. The van der Waals surface area contributed by atoms with Crippen LogP contribution in [-0.4, -0.2) is 33.4 Å². The van der Waals surface area contributed by atoms with Crippen molar-refractivity contribution in [1.29, 1.82) is 0 Å². The summed E-state index contributed by atoms with van der Waals surface area (Å²) in [6.45, 7) is 7.51. The largest absolute Gasteiger partial charge is 0.443 e. The van der Waals surface area contributed by atoms with Crippen molar-refractivity contribution in [1.82, 2.24) is 4.90 Å². The second-order valence-corrected chi connectivity index (χ2v) is 6.63. The fourth-order valence-corrected chi connectivity index (χ4v) is 1.69. The average molecular weight is 278 g/mol. The van der Waals surface area contributed by atoms with Crippen LogP contribution in [0.5, 0.6) is 0 Å². The van der Waals surface area contributed by atoms with Crippen molar-refractivity contribution >= 4 is 27.9 Å². The smallest absolute Gasteiger partial charge is 0.417 e. The third kappa shape index (κ3) is 2.93. The molecule has 5 heteroatoms. The number of halogens is 1. The van der Waals surface area contributed by atoms with Gasteiger partial charge in [0.1, 0.15) is 9.93 Å². The van der Waals surface area contributed by atoms with Crippen molar-refractivity contribution < 1.29 is 14.3 Å². The SMILES string of the molecule is CC(C)(C)OC(=O)N1CCC(C)(Br)C1=O. The summed E-state index contributed by atoms with van der Waals surface area (Å²) < 4.78 is 4.51. The van der Waals surface area contributed by atoms with Gasteiger partial charge in [0.2, 0.25) is 5.91 Å². The summed E-state index contributed by atoms with van der Waals surface area (Å²) in [7, 11) is 0. The second kappa shape index (κ2) is 3.77. The molecule has 0 N–H and O–H groups in total. The van der Waals surface area contributed by atoms with E-state index >= 15 is 0 Å². The molecule has 0 aromatic heterocycles. The molecule has 0 aromatic carbocycles. The molecule has 1 heterocycles. The minimum atomic E-state index is -0.621. The van der Waals surface area contributed by atoms with E-state index in [1.807, 2.05) is 0 Å². The summed E-state index contributed by atoms with van der Waals surface area (Å²) in [5, 5.41) is 0. The number of alkyl halides is 1. The lowest BCUT2D eigenvalue weighted by Gasteiger charge is -2.23. The first-order chi connectivity index (χ1) is 6.63. The number of ether oxygens (including phenoxy) is 1. The highest BCUT2D eigenvalue weighted by molar-refractivity contribution is 9.10. The zero-order chi connectivity index (χ0) is 11.9. The van der Waals surface area contributed by atoms with E-state index < -0.39 is 16.0 Å².